The molecule has 1 fully saturated rings. The van der Waals surface area contributed by atoms with Crippen molar-refractivity contribution < 1.29 is 9.21 Å². The third-order valence-electron chi connectivity index (χ3n) is 3.76. The maximum absolute atomic E-state index is 12.6. The van der Waals surface area contributed by atoms with Crippen LogP contribution in [0.25, 0.3) is 0 Å². The SMILES string of the molecule is CC(C)CCN(C(=O)c1ccc(Br)o1)C1CCCC1. The minimum absolute atomic E-state index is 0.0400. The van der Waals surface area contributed by atoms with Gasteiger partial charge in [-0.15, -0.1) is 0 Å². The number of furan rings is 1. The number of carbonyl (C=O) groups excluding carboxylic acids is 1. The first-order valence-corrected chi connectivity index (χ1v) is 7.93. The van der Waals surface area contributed by atoms with Gasteiger partial charge in [0.1, 0.15) is 0 Å². The summed E-state index contributed by atoms with van der Waals surface area (Å²) in [7, 11) is 0. The summed E-state index contributed by atoms with van der Waals surface area (Å²) < 4.78 is 6.03. The van der Waals surface area contributed by atoms with Crippen LogP contribution in [0.15, 0.2) is 21.2 Å². The van der Waals surface area contributed by atoms with Gasteiger partial charge in [-0.1, -0.05) is 26.7 Å². The summed E-state index contributed by atoms with van der Waals surface area (Å²) in [4.78, 5) is 14.6. The van der Waals surface area contributed by atoms with Gasteiger partial charge in [-0.2, -0.15) is 0 Å². The fourth-order valence-electron chi connectivity index (χ4n) is 2.63. The number of hydrogen-bond acceptors (Lipinski definition) is 2. The van der Waals surface area contributed by atoms with E-state index in [0.717, 1.165) is 25.8 Å². The predicted octanol–water partition coefficient (Wildman–Crippen LogP) is 4.47. The molecule has 0 saturated heterocycles. The van der Waals surface area contributed by atoms with Crippen LogP contribution in [0.3, 0.4) is 0 Å². The van der Waals surface area contributed by atoms with Crippen molar-refractivity contribution >= 4 is 21.8 Å². The molecule has 0 spiro atoms. The average Bonchev–Trinajstić information content (AvgIpc) is 3.00. The molecule has 0 aromatic carbocycles. The lowest BCUT2D eigenvalue weighted by Gasteiger charge is -2.29. The van der Waals surface area contributed by atoms with E-state index < -0.39 is 0 Å². The quantitative estimate of drug-likeness (QED) is 0.799. The molecule has 19 heavy (non-hydrogen) atoms. The molecular formula is C15H22BrNO2. The molecule has 1 heterocycles. The number of nitrogens with zero attached hydrogens (tertiary/aromatic N) is 1. The van der Waals surface area contributed by atoms with Crippen molar-refractivity contribution in [1.82, 2.24) is 4.90 Å². The van der Waals surface area contributed by atoms with Gasteiger partial charge in [-0.05, 0) is 53.2 Å². The van der Waals surface area contributed by atoms with E-state index in [1.807, 2.05) is 4.90 Å². The Morgan fingerprint density at radius 2 is 2.11 bits per heavy atom. The zero-order valence-corrected chi connectivity index (χ0v) is 13.3. The molecule has 106 valence electrons. The molecule has 1 aliphatic carbocycles. The number of halogens is 1. The summed E-state index contributed by atoms with van der Waals surface area (Å²) >= 11 is 3.26. The Bertz CT molecular complexity index is 422. The molecule has 1 saturated carbocycles. The van der Waals surface area contributed by atoms with E-state index in [1.54, 1.807) is 12.1 Å². The first kappa shape index (κ1) is 14.6. The maximum Gasteiger partial charge on any atom is 0.289 e. The number of hydrogen-bond donors (Lipinski definition) is 0. The minimum atomic E-state index is 0.0400. The van der Waals surface area contributed by atoms with Crippen molar-refractivity contribution in [3.05, 3.63) is 22.6 Å². The molecule has 2 rings (SSSR count). The second-order valence-corrected chi connectivity index (χ2v) is 6.50. The van der Waals surface area contributed by atoms with E-state index in [-0.39, 0.29) is 5.91 Å². The molecule has 4 heteroatoms. The molecule has 0 atom stereocenters. The van der Waals surface area contributed by atoms with Gasteiger partial charge in [0.2, 0.25) is 0 Å². The zero-order chi connectivity index (χ0) is 13.8. The summed E-state index contributed by atoms with van der Waals surface area (Å²) in [5.74, 6) is 1.10. The summed E-state index contributed by atoms with van der Waals surface area (Å²) in [5.41, 5.74) is 0. The number of carbonyl (C=O) groups is 1. The van der Waals surface area contributed by atoms with Crippen LogP contribution in [-0.4, -0.2) is 23.4 Å². The van der Waals surface area contributed by atoms with E-state index in [0.29, 0.717) is 22.4 Å². The van der Waals surface area contributed by atoms with E-state index >= 15 is 0 Å². The number of rotatable bonds is 5. The normalized spacial score (nSPS) is 16.2. The highest BCUT2D eigenvalue weighted by molar-refractivity contribution is 9.10. The molecule has 0 unspecified atom stereocenters. The highest BCUT2D eigenvalue weighted by Crippen LogP contribution is 2.26. The van der Waals surface area contributed by atoms with Crippen LogP contribution in [0.5, 0.6) is 0 Å². The first-order chi connectivity index (χ1) is 9.08. The van der Waals surface area contributed by atoms with Crippen LogP contribution in [-0.2, 0) is 0 Å². The highest BCUT2D eigenvalue weighted by atomic mass is 79.9. The van der Waals surface area contributed by atoms with Gasteiger partial charge in [0.25, 0.3) is 5.91 Å². The Kier molecular flexibility index (Phi) is 5.08. The Labute approximate surface area is 123 Å². The van der Waals surface area contributed by atoms with Crippen LogP contribution in [0, 0.1) is 5.92 Å². The Hall–Kier alpha value is -0.770. The lowest BCUT2D eigenvalue weighted by molar-refractivity contribution is 0.0638. The van der Waals surface area contributed by atoms with E-state index in [4.69, 9.17) is 4.42 Å². The molecule has 0 aliphatic heterocycles. The lowest BCUT2D eigenvalue weighted by Crippen LogP contribution is -2.39. The molecular weight excluding hydrogens is 306 g/mol. The van der Waals surface area contributed by atoms with Gasteiger partial charge in [0.15, 0.2) is 10.4 Å². The highest BCUT2D eigenvalue weighted by Gasteiger charge is 2.28. The molecule has 3 nitrogen and oxygen atoms in total. The van der Waals surface area contributed by atoms with Crippen LogP contribution >= 0.6 is 15.9 Å². The molecule has 0 N–H and O–H groups in total. The maximum atomic E-state index is 12.6. The van der Waals surface area contributed by atoms with Crippen molar-refractivity contribution in [3.63, 3.8) is 0 Å². The third-order valence-corrected chi connectivity index (χ3v) is 4.18. The fourth-order valence-corrected chi connectivity index (χ4v) is 2.94. The van der Waals surface area contributed by atoms with Crippen LogP contribution < -0.4 is 0 Å². The molecule has 0 radical (unpaired) electrons. The summed E-state index contributed by atoms with van der Waals surface area (Å²) in [6.45, 7) is 5.22. The van der Waals surface area contributed by atoms with Crippen LogP contribution in [0.1, 0.15) is 56.5 Å². The lowest BCUT2D eigenvalue weighted by atomic mass is 10.1. The smallest absolute Gasteiger partial charge is 0.289 e. The van der Waals surface area contributed by atoms with Crippen molar-refractivity contribution in [3.8, 4) is 0 Å². The standard InChI is InChI=1S/C15H22BrNO2/c1-11(2)9-10-17(12-5-3-4-6-12)15(18)13-7-8-14(16)19-13/h7-8,11-12H,3-6,9-10H2,1-2H3. The second kappa shape index (κ2) is 6.60. The fraction of sp³-hybridized carbons (Fsp3) is 0.667. The van der Waals surface area contributed by atoms with Crippen molar-refractivity contribution in [2.75, 3.05) is 6.54 Å². The minimum Gasteiger partial charge on any atom is -0.444 e. The van der Waals surface area contributed by atoms with Crippen molar-refractivity contribution in [2.24, 2.45) is 5.92 Å². The van der Waals surface area contributed by atoms with Gasteiger partial charge < -0.3 is 9.32 Å². The Morgan fingerprint density at radius 3 is 2.63 bits per heavy atom. The monoisotopic (exact) mass is 327 g/mol. The Balaban J connectivity index is 2.09. The predicted molar refractivity (Wildman–Crippen MR) is 79.2 cm³/mol. The molecule has 1 amide bonds. The molecule has 1 aromatic heterocycles. The van der Waals surface area contributed by atoms with Gasteiger partial charge in [0.05, 0.1) is 0 Å². The van der Waals surface area contributed by atoms with E-state index in [2.05, 4.69) is 29.8 Å². The van der Waals surface area contributed by atoms with Crippen LogP contribution in [0.2, 0.25) is 0 Å². The van der Waals surface area contributed by atoms with Crippen LogP contribution in [0.4, 0.5) is 0 Å². The number of amides is 1. The van der Waals surface area contributed by atoms with Gasteiger partial charge >= 0.3 is 0 Å². The molecule has 0 bridgehead atoms. The van der Waals surface area contributed by atoms with Gasteiger partial charge in [-0.25, -0.2) is 0 Å². The average molecular weight is 328 g/mol. The second-order valence-electron chi connectivity index (χ2n) is 5.72. The zero-order valence-electron chi connectivity index (χ0n) is 11.7. The van der Waals surface area contributed by atoms with E-state index in [9.17, 15) is 4.79 Å². The van der Waals surface area contributed by atoms with E-state index in [1.165, 1.54) is 12.8 Å². The summed E-state index contributed by atoms with van der Waals surface area (Å²) in [6.07, 6.45) is 5.78. The summed E-state index contributed by atoms with van der Waals surface area (Å²) in [5, 5.41) is 0. The summed E-state index contributed by atoms with van der Waals surface area (Å²) in [6, 6.07) is 3.93. The third kappa shape index (κ3) is 3.85. The largest absolute Gasteiger partial charge is 0.444 e. The first-order valence-electron chi connectivity index (χ1n) is 7.14. The van der Waals surface area contributed by atoms with Crippen molar-refractivity contribution in [2.45, 2.75) is 52.0 Å². The van der Waals surface area contributed by atoms with Gasteiger partial charge in [-0.3, -0.25) is 4.79 Å². The van der Waals surface area contributed by atoms with Gasteiger partial charge in [0, 0.05) is 12.6 Å². The molecule has 1 aliphatic rings. The molecule has 1 aromatic rings. The topological polar surface area (TPSA) is 33.5 Å². The van der Waals surface area contributed by atoms with Crippen molar-refractivity contribution in [1.29, 1.82) is 0 Å². The Morgan fingerprint density at radius 1 is 1.42 bits per heavy atom.